The van der Waals surface area contributed by atoms with Gasteiger partial charge in [-0.05, 0) is 95.9 Å². The molecule has 0 radical (unpaired) electrons. The number of anilines is 2. The van der Waals surface area contributed by atoms with Gasteiger partial charge in [-0.1, -0.05) is 44.5 Å². The Morgan fingerprint density at radius 2 is 1.64 bits per heavy atom. The minimum atomic E-state index is -0.477. The van der Waals surface area contributed by atoms with Crippen molar-refractivity contribution in [1.29, 1.82) is 0 Å². The van der Waals surface area contributed by atoms with Crippen LogP contribution >= 0.6 is 23.1 Å². The number of unbranched alkanes of at least 4 members (excludes halogenated alkanes) is 1. The fraction of sp³-hybridized carbons (Fsp3) is 0.200. The van der Waals surface area contributed by atoms with Gasteiger partial charge in [-0.3, -0.25) is 14.4 Å². The molecule has 232 valence electrons. The Morgan fingerprint density at radius 3 is 2.33 bits per heavy atom. The first-order valence-electron chi connectivity index (χ1n) is 14.6. The third-order valence-corrected chi connectivity index (χ3v) is 8.60. The van der Waals surface area contributed by atoms with E-state index in [-0.39, 0.29) is 17.6 Å². The number of hydrogen-bond acceptors (Lipinski definition) is 7. The topological polar surface area (TPSA) is 114 Å². The molecule has 1 atom stereocenters. The van der Waals surface area contributed by atoms with Crippen molar-refractivity contribution < 1.29 is 23.9 Å². The van der Waals surface area contributed by atoms with Crippen LogP contribution in [0.3, 0.4) is 0 Å². The molecular formula is C35H35N3O5S2. The van der Waals surface area contributed by atoms with E-state index >= 15 is 0 Å². The van der Waals surface area contributed by atoms with Gasteiger partial charge in [0.05, 0.1) is 17.4 Å². The monoisotopic (exact) mass is 641 g/mol. The van der Waals surface area contributed by atoms with Crippen LogP contribution in [0.4, 0.5) is 11.4 Å². The average molecular weight is 642 g/mol. The first kappa shape index (κ1) is 33.2. The number of nitrogens with one attached hydrogen (secondary N) is 3. The van der Waals surface area contributed by atoms with E-state index in [2.05, 4.69) is 16.0 Å². The third-order valence-electron chi connectivity index (χ3n) is 6.54. The van der Waals surface area contributed by atoms with Crippen molar-refractivity contribution in [1.82, 2.24) is 5.32 Å². The molecule has 0 spiro atoms. The van der Waals surface area contributed by atoms with Crippen LogP contribution in [0.15, 0.2) is 106 Å². The molecule has 4 rings (SSSR count). The predicted molar refractivity (Wildman–Crippen MR) is 181 cm³/mol. The minimum Gasteiger partial charge on any atom is -0.462 e. The van der Waals surface area contributed by atoms with Crippen LogP contribution in [0.5, 0.6) is 0 Å². The van der Waals surface area contributed by atoms with Gasteiger partial charge in [0, 0.05) is 21.8 Å². The summed E-state index contributed by atoms with van der Waals surface area (Å²) in [5.74, 6) is -1.44. The minimum absolute atomic E-state index is 0.103. The molecule has 0 saturated heterocycles. The standard InChI is InChI=1S/C35H35N3O5S2/c1-3-5-19-43-35(42)26-14-16-27(17-15-26)36-34(41)31(4-2)45-29-13-9-12-28(22-29)37-33(40)30(21-24-18-20-44-23-24)38-32(39)25-10-7-6-8-11-25/h6-18,20-23,31H,3-5,19H2,1-2H3,(H,36,41)(H,37,40)(H,38,39)/b30-21-. The largest absolute Gasteiger partial charge is 0.462 e. The van der Waals surface area contributed by atoms with E-state index in [4.69, 9.17) is 4.74 Å². The number of rotatable bonds is 14. The molecule has 1 aromatic heterocycles. The van der Waals surface area contributed by atoms with Crippen LogP contribution < -0.4 is 16.0 Å². The average Bonchev–Trinajstić information content (AvgIpc) is 3.57. The maximum Gasteiger partial charge on any atom is 0.338 e. The van der Waals surface area contributed by atoms with Crippen LogP contribution in [-0.4, -0.2) is 35.5 Å². The van der Waals surface area contributed by atoms with Crippen LogP contribution in [0.2, 0.25) is 0 Å². The first-order chi connectivity index (χ1) is 21.9. The van der Waals surface area contributed by atoms with Gasteiger partial charge in [0.2, 0.25) is 5.91 Å². The zero-order valence-corrected chi connectivity index (χ0v) is 26.7. The molecular weight excluding hydrogens is 607 g/mol. The summed E-state index contributed by atoms with van der Waals surface area (Å²) in [6.45, 7) is 4.33. The maximum absolute atomic E-state index is 13.3. The lowest BCUT2D eigenvalue weighted by Crippen LogP contribution is -2.30. The molecule has 1 heterocycles. The van der Waals surface area contributed by atoms with Crippen molar-refractivity contribution >= 4 is 64.2 Å². The number of ether oxygens (including phenoxy) is 1. The Kier molecular flexibility index (Phi) is 12.5. The lowest BCUT2D eigenvalue weighted by atomic mass is 10.2. The van der Waals surface area contributed by atoms with Crippen LogP contribution in [0.25, 0.3) is 6.08 Å². The lowest BCUT2D eigenvalue weighted by molar-refractivity contribution is -0.116. The van der Waals surface area contributed by atoms with Crippen LogP contribution in [0.1, 0.15) is 59.4 Å². The number of carbonyl (C=O) groups excluding carboxylic acids is 4. The van der Waals surface area contributed by atoms with Gasteiger partial charge >= 0.3 is 5.97 Å². The fourth-order valence-electron chi connectivity index (χ4n) is 4.10. The fourth-order valence-corrected chi connectivity index (χ4v) is 5.73. The van der Waals surface area contributed by atoms with Crippen molar-refractivity contribution in [3.05, 3.63) is 118 Å². The van der Waals surface area contributed by atoms with Crippen molar-refractivity contribution in [3.8, 4) is 0 Å². The highest BCUT2D eigenvalue weighted by atomic mass is 32.2. The zero-order valence-electron chi connectivity index (χ0n) is 25.1. The Labute approximate surface area is 271 Å². The van der Waals surface area contributed by atoms with Gasteiger partial charge in [0.1, 0.15) is 5.70 Å². The van der Waals surface area contributed by atoms with Crippen molar-refractivity contribution in [2.75, 3.05) is 17.2 Å². The van der Waals surface area contributed by atoms with E-state index in [0.717, 1.165) is 23.3 Å². The normalized spacial score (nSPS) is 11.7. The third kappa shape index (κ3) is 10.2. The van der Waals surface area contributed by atoms with E-state index in [1.165, 1.54) is 23.1 Å². The smallest absolute Gasteiger partial charge is 0.338 e. The quantitative estimate of drug-likeness (QED) is 0.0565. The van der Waals surface area contributed by atoms with Gasteiger partial charge in [0.25, 0.3) is 11.8 Å². The second kappa shape index (κ2) is 17.0. The zero-order chi connectivity index (χ0) is 32.0. The summed E-state index contributed by atoms with van der Waals surface area (Å²) in [6, 6.07) is 24.4. The summed E-state index contributed by atoms with van der Waals surface area (Å²) in [5.41, 5.74) is 2.86. The molecule has 0 aliphatic heterocycles. The maximum atomic E-state index is 13.3. The van der Waals surface area contributed by atoms with Crippen LogP contribution in [-0.2, 0) is 14.3 Å². The summed E-state index contributed by atoms with van der Waals surface area (Å²) in [7, 11) is 0. The molecule has 0 aliphatic rings. The highest BCUT2D eigenvalue weighted by Gasteiger charge is 2.20. The molecule has 45 heavy (non-hydrogen) atoms. The number of benzene rings is 3. The summed E-state index contributed by atoms with van der Waals surface area (Å²) < 4.78 is 5.24. The number of thiophene rings is 1. The summed E-state index contributed by atoms with van der Waals surface area (Å²) in [4.78, 5) is 52.3. The van der Waals surface area contributed by atoms with Gasteiger partial charge in [-0.15, -0.1) is 11.8 Å². The summed E-state index contributed by atoms with van der Waals surface area (Å²) in [6.07, 6.45) is 3.95. The molecule has 3 amide bonds. The molecule has 3 aromatic carbocycles. The number of amides is 3. The van der Waals surface area contributed by atoms with E-state index in [1.54, 1.807) is 72.8 Å². The van der Waals surface area contributed by atoms with E-state index in [0.29, 0.717) is 35.5 Å². The number of thioether (sulfide) groups is 1. The Balaban J connectivity index is 1.39. The number of carbonyl (C=O) groups is 4. The lowest BCUT2D eigenvalue weighted by Gasteiger charge is -2.16. The van der Waals surface area contributed by atoms with Gasteiger partial charge in [0.15, 0.2) is 0 Å². The highest BCUT2D eigenvalue weighted by Crippen LogP contribution is 2.29. The molecule has 0 fully saturated rings. The van der Waals surface area contributed by atoms with Crippen molar-refractivity contribution in [2.45, 2.75) is 43.3 Å². The molecule has 8 nitrogen and oxygen atoms in total. The SMILES string of the molecule is CCCCOC(=O)c1ccc(NC(=O)C(CC)Sc2cccc(NC(=O)/C(=C/c3ccsc3)NC(=O)c3ccccc3)c2)cc1. The van der Waals surface area contributed by atoms with Crippen molar-refractivity contribution in [2.24, 2.45) is 0 Å². The molecule has 3 N–H and O–H groups in total. The molecule has 0 saturated carbocycles. The summed E-state index contributed by atoms with van der Waals surface area (Å²) in [5, 5.41) is 11.9. The molecule has 4 aromatic rings. The van der Waals surface area contributed by atoms with Crippen molar-refractivity contribution in [3.63, 3.8) is 0 Å². The van der Waals surface area contributed by atoms with Gasteiger partial charge in [-0.2, -0.15) is 11.3 Å². The second-order valence-corrected chi connectivity index (χ2v) is 12.0. The highest BCUT2D eigenvalue weighted by molar-refractivity contribution is 8.00. The number of esters is 1. The Bertz CT molecular complexity index is 1620. The molecule has 0 bridgehead atoms. The first-order valence-corrected chi connectivity index (χ1v) is 16.4. The molecule has 0 aliphatic carbocycles. The van der Waals surface area contributed by atoms with Gasteiger partial charge < -0.3 is 20.7 Å². The Hall–Kier alpha value is -4.67. The van der Waals surface area contributed by atoms with E-state index < -0.39 is 17.1 Å². The summed E-state index contributed by atoms with van der Waals surface area (Å²) >= 11 is 2.86. The van der Waals surface area contributed by atoms with E-state index in [1.807, 2.05) is 42.8 Å². The second-order valence-electron chi connectivity index (χ2n) is 9.99. The molecule has 1 unspecified atom stereocenters. The van der Waals surface area contributed by atoms with Crippen LogP contribution in [0, 0.1) is 0 Å². The number of hydrogen-bond donors (Lipinski definition) is 3. The van der Waals surface area contributed by atoms with Gasteiger partial charge in [-0.25, -0.2) is 4.79 Å². The Morgan fingerprint density at radius 1 is 0.867 bits per heavy atom. The van der Waals surface area contributed by atoms with E-state index in [9.17, 15) is 19.2 Å². The molecule has 10 heteroatoms. The predicted octanol–water partition coefficient (Wildman–Crippen LogP) is 7.62.